The number of unbranched alkanes of at least 4 members (excludes halogenated alkanes) is 2. The molecule has 0 saturated carbocycles. The number of aromatic amines is 1. The lowest BCUT2D eigenvalue weighted by Crippen LogP contribution is -1.98. The van der Waals surface area contributed by atoms with E-state index in [-0.39, 0.29) is 0 Å². The first-order valence-electron chi connectivity index (χ1n) is 7.80. The summed E-state index contributed by atoms with van der Waals surface area (Å²) < 4.78 is 5.59. The van der Waals surface area contributed by atoms with Gasteiger partial charge >= 0.3 is 0 Å². The molecule has 1 aromatic carbocycles. The van der Waals surface area contributed by atoms with Gasteiger partial charge in [-0.1, -0.05) is 13.3 Å². The molecule has 2 rings (SSSR count). The summed E-state index contributed by atoms with van der Waals surface area (Å²) in [6.07, 6.45) is 7.30. The Morgan fingerprint density at radius 3 is 2.67 bits per heavy atom. The van der Waals surface area contributed by atoms with Crippen LogP contribution in [0.4, 0.5) is 0 Å². The summed E-state index contributed by atoms with van der Waals surface area (Å²) in [4.78, 5) is 7.83. The van der Waals surface area contributed by atoms with E-state index in [1.807, 2.05) is 18.3 Å². The Morgan fingerprint density at radius 1 is 1.14 bits per heavy atom. The normalized spacial score (nSPS) is 10.8. The quantitative estimate of drug-likeness (QED) is 0.693. The Kier molecular flexibility index (Phi) is 6.28. The molecule has 0 fully saturated rings. The number of imidazole rings is 1. The van der Waals surface area contributed by atoms with E-state index in [2.05, 4.69) is 29.0 Å². The third kappa shape index (κ3) is 4.90. The van der Waals surface area contributed by atoms with Crippen LogP contribution in [0.1, 0.15) is 38.4 Å². The van der Waals surface area contributed by atoms with Gasteiger partial charge in [0, 0.05) is 6.42 Å². The predicted octanol–water partition coefficient (Wildman–Crippen LogP) is 3.54. The van der Waals surface area contributed by atoms with Crippen molar-refractivity contribution >= 4 is 0 Å². The van der Waals surface area contributed by atoms with Crippen LogP contribution in [-0.4, -0.2) is 23.1 Å². The van der Waals surface area contributed by atoms with Gasteiger partial charge in [0.1, 0.15) is 11.6 Å². The Morgan fingerprint density at radius 2 is 1.95 bits per heavy atom. The summed E-state index contributed by atoms with van der Waals surface area (Å²) >= 11 is 0. The van der Waals surface area contributed by atoms with Gasteiger partial charge in [-0.3, -0.25) is 0 Å². The molecule has 0 radical (unpaired) electrons. The van der Waals surface area contributed by atoms with Crippen molar-refractivity contribution in [2.75, 3.05) is 13.2 Å². The number of ether oxygens (including phenoxy) is 1. The van der Waals surface area contributed by atoms with Crippen LogP contribution in [0.2, 0.25) is 0 Å². The molecular formula is C17H25N3O. The monoisotopic (exact) mass is 287 g/mol. The van der Waals surface area contributed by atoms with Crippen molar-refractivity contribution in [2.24, 2.45) is 5.73 Å². The maximum atomic E-state index is 5.59. The topological polar surface area (TPSA) is 63.9 Å². The van der Waals surface area contributed by atoms with E-state index in [0.29, 0.717) is 0 Å². The van der Waals surface area contributed by atoms with Crippen molar-refractivity contribution in [1.29, 1.82) is 0 Å². The van der Waals surface area contributed by atoms with Crippen LogP contribution in [0.25, 0.3) is 11.3 Å². The fourth-order valence-electron chi connectivity index (χ4n) is 2.20. The van der Waals surface area contributed by atoms with Crippen LogP contribution < -0.4 is 10.5 Å². The summed E-state index contributed by atoms with van der Waals surface area (Å²) in [6, 6.07) is 8.15. The minimum Gasteiger partial charge on any atom is -0.494 e. The maximum Gasteiger partial charge on any atom is 0.119 e. The molecule has 0 atom stereocenters. The minimum atomic E-state index is 0.760. The molecule has 0 saturated heterocycles. The van der Waals surface area contributed by atoms with Crippen molar-refractivity contribution in [3.63, 3.8) is 0 Å². The third-order valence-electron chi connectivity index (χ3n) is 3.38. The van der Waals surface area contributed by atoms with E-state index >= 15 is 0 Å². The number of hydrogen-bond acceptors (Lipinski definition) is 3. The summed E-state index contributed by atoms with van der Waals surface area (Å²) in [6.45, 7) is 3.64. The van der Waals surface area contributed by atoms with Gasteiger partial charge in [0.25, 0.3) is 0 Å². The first-order valence-corrected chi connectivity index (χ1v) is 7.80. The van der Waals surface area contributed by atoms with E-state index in [0.717, 1.165) is 68.1 Å². The Hall–Kier alpha value is -1.81. The molecule has 3 N–H and O–H groups in total. The Bertz CT molecular complexity index is 519. The highest BCUT2D eigenvalue weighted by molar-refractivity contribution is 5.59. The van der Waals surface area contributed by atoms with Gasteiger partial charge in [0.15, 0.2) is 0 Å². The van der Waals surface area contributed by atoms with Crippen LogP contribution in [0.5, 0.6) is 5.75 Å². The summed E-state index contributed by atoms with van der Waals surface area (Å²) in [5.41, 5.74) is 7.70. The van der Waals surface area contributed by atoms with Crippen LogP contribution in [-0.2, 0) is 6.42 Å². The zero-order valence-electron chi connectivity index (χ0n) is 12.8. The summed E-state index contributed by atoms with van der Waals surface area (Å²) in [7, 11) is 0. The highest BCUT2D eigenvalue weighted by Crippen LogP contribution is 2.21. The number of hydrogen-bond donors (Lipinski definition) is 2. The number of H-pyrrole nitrogens is 1. The van der Waals surface area contributed by atoms with Gasteiger partial charge in [-0.05, 0) is 55.6 Å². The Balaban J connectivity index is 1.91. The molecule has 4 heteroatoms. The SMILES string of the molecule is CCCOc1ccc(-c2cnc(CCCCCN)[nH]2)cc1. The smallest absolute Gasteiger partial charge is 0.119 e. The van der Waals surface area contributed by atoms with Crippen LogP contribution in [0.15, 0.2) is 30.5 Å². The van der Waals surface area contributed by atoms with Crippen molar-refractivity contribution in [1.82, 2.24) is 9.97 Å². The molecule has 1 aromatic heterocycles. The highest BCUT2D eigenvalue weighted by atomic mass is 16.5. The van der Waals surface area contributed by atoms with E-state index in [9.17, 15) is 0 Å². The number of benzene rings is 1. The van der Waals surface area contributed by atoms with Gasteiger partial charge in [-0.15, -0.1) is 0 Å². The fraction of sp³-hybridized carbons (Fsp3) is 0.471. The van der Waals surface area contributed by atoms with Crippen molar-refractivity contribution < 1.29 is 4.74 Å². The predicted molar refractivity (Wildman–Crippen MR) is 86.4 cm³/mol. The lowest BCUT2D eigenvalue weighted by atomic mass is 10.1. The largest absolute Gasteiger partial charge is 0.494 e. The zero-order valence-corrected chi connectivity index (χ0v) is 12.8. The minimum absolute atomic E-state index is 0.760. The first kappa shape index (κ1) is 15.6. The number of nitrogens with zero attached hydrogens (tertiary/aromatic N) is 1. The highest BCUT2D eigenvalue weighted by Gasteiger charge is 2.04. The first-order chi connectivity index (χ1) is 10.3. The number of nitrogens with one attached hydrogen (secondary N) is 1. The lowest BCUT2D eigenvalue weighted by Gasteiger charge is -2.05. The van der Waals surface area contributed by atoms with Crippen molar-refractivity contribution in [3.8, 4) is 17.0 Å². The molecule has 0 aliphatic rings. The molecule has 0 aliphatic carbocycles. The molecule has 0 bridgehead atoms. The zero-order chi connectivity index (χ0) is 14.9. The Labute approximate surface area is 126 Å². The number of aromatic nitrogens is 2. The molecule has 4 nitrogen and oxygen atoms in total. The molecule has 2 aromatic rings. The number of nitrogens with two attached hydrogens (primary N) is 1. The van der Waals surface area contributed by atoms with Gasteiger partial charge in [-0.25, -0.2) is 4.98 Å². The van der Waals surface area contributed by atoms with E-state index in [4.69, 9.17) is 10.5 Å². The van der Waals surface area contributed by atoms with Crippen LogP contribution in [0, 0.1) is 0 Å². The van der Waals surface area contributed by atoms with E-state index in [1.54, 1.807) is 0 Å². The molecule has 0 amide bonds. The number of rotatable bonds is 9. The molecular weight excluding hydrogens is 262 g/mol. The summed E-state index contributed by atoms with van der Waals surface area (Å²) in [5, 5.41) is 0. The molecule has 114 valence electrons. The fourth-order valence-corrected chi connectivity index (χ4v) is 2.20. The molecule has 0 aliphatic heterocycles. The average Bonchev–Trinajstić information content (AvgIpc) is 2.99. The van der Waals surface area contributed by atoms with Crippen molar-refractivity contribution in [3.05, 3.63) is 36.3 Å². The standard InChI is InChI=1S/C17H25N3O/c1-2-12-21-15-9-7-14(8-10-15)16-13-19-17(20-16)6-4-3-5-11-18/h7-10,13H,2-6,11-12,18H2,1H3,(H,19,20). The summed E-state index contributed by atoms with van der Waals surface area (Å²) in [5.74, 6) is 1.97. The van der Waals surface area contributed by atoms with Gasteiger partial charge in [0.05, 0.1) is 18.5 Å². The number of aryl methyl sites for hydroxylation is 1. The molecule has 1 heterocycles. The molecule has 21 heavy (non-hydrogen) atoms. The molecule has 0 spiro atoms. The second-order valence-electron chi connectivity index (χ2n) is 5.22. The second kappa shape index (κ2) is 8.47. The van der Waals surface area contributed by atoms with Gasteiger partial charge in [0.2, 0.25) is 0 Å². The van der Waals surface area contributed by atoms with Gasteiger partial charge < -0.3 is 15.5 Å². The van der Waals surface area contributed by atoms with Crippen molar-refractivity contribution in [2.45, 2.75) is 39.0 Å². The lowest BCUT2D eigenvalue weighted by molar-refractivity contribution is 0.317. The molecule has 0 unspecified atom stereocenters. The van der Waals surface area contributed by atoms with E-state index in [1.165, 1.54) is 0 Å². The van der Waals surface area contributed by atoms with Crippen LogP contribution >= 0.6 is 0 Å². The second-order valence-corrected chi connectivity index (χ2v) is 5.22. The van der Waals surface area contributed by atoms with Crippen LogP contribution in [0.3, 0.4) is 0 Å². The average molecular weight is 287 g/mol. The van der Waals surface area contributed by atoms with E-state index < -0.39 is 0 Å². The van der Waals surface area contributed by atoms with Gasteiger partial charge in [-0.2, -0.15) is 0 Å². The maximum absolute atomic E-state index is 5.59. The third-order valence-corrected chi connectivity index (χ3v) is 3.38.